The zero-order valence-electron chi connectivity index (χ0n) is 16.6. The van der Waals surface area contributed by atoms with E-state index in [1.54, 1.807) is 23.8 Å². The first-order valence-electron chi connectivity index (χ1n) is 9.71. The number of nitrogens with one attached hydrogen (secondary N) is 1. The molecule has 4 rings (SSSR count). The van der Waals surface area contributed by atoms with Crippen molar-refractivity contribution in [2.45, 2.75) is 16.2 Å². The summed E-state index contributed by atoms with van der Waals surface area (Å²) in [4.78, 5) is 29.2. The van der Waals surface area contributed by atoms with E-state index in [1.807, 2.05) is 78.9 Å². The number of benzene rings is 3. The summed E-state index contributed by atoms with van der Waals surface area (Å²) in [5, 5.41) is 3.02. The monoisotopic (exact) mass is 418 g/mol. The number of carbonyl (C=O) groups is 2. The van der Waals surface area contributed by atoms with Crippen molar-refractivity contribution in [3.05, 3.63) is 78.9 Å². The van der Waals surface area contributed by atoms with E-state index in [2.05, 4.69) is 5.32 Å². The zero-order chi connectivity index (χ0) is 20.9. The van der Waals surface area contributed by atoms with Crippen LogP contribution in [-0.2, 0) is 9.59 Å². The molecule has 3 aromatic carbocycles. The predicted octanol–water partition coefficient (Wildman–Crippen LogP) is 4.84. The van der Waals surface area contributed by atoms with E-state index in [9.17, 15) is 9.59 Å². The lowest BCUT2D eigenvalue weighted by Gasteiger charge is -2.17. The second kappa shape index (κ2) is 9.05. The molecule has 1 saturated heterocycles. The number of para-hydroxylation sites is 1. The molecule has 1 N–H and O–H groups in total. The van der Waals surface area contributed by atoms with Gasteiger partial charge in [0.25, 0.3) is 0 Å². The quantitative estimate of drug-likeness (QED) is 0.622. The van der Waals surface area contributed by atoms with Crippen molar-refractivity contribution in [3.63, 3.8) is 0 Å². The van der Waals surface area contributed by atoms with Gasteiger partial charge in [-0.15, -0.1) is 0 Å². The summed E-state index contributed by atoms with van der Waals surface area (Å²) in [6, 6.07) is 25.0. The van der Waals surface area contributed by atoms with Crippen molar-refractivity contribution in [1.82, 2.24) is 0 Å². The van der Waals surface area contributed by atoms with E-state index in [0.717, 1.165) is 26.9 Å². The highest BCUT2D eigenvalue weighted by atomic mass is 32.2. The minimum Gasteiger partial charge on any atom is -0.497 e. The van der Waals surface area contributed by atoms with Crippen LogP contribution in [0.25, 0.3) is 0 Å². The molecule has 1 aliphatic heterocycles. The molecule has 0 aliphatic carbocycles. The van der Waals surface area contributed by atoms with Gasteiger partial charge < -0.3 is 15.0 Å². The van der Waals surface area contributed by atoms with Crippen LogP contribution in [0.4, 0.5) is 11.4 Å². The number of amides is 2. The first-order chi connectivity index (χ1) is 14.6. The molecule has 0 radical (unpaired) electrons. The molecule has 3 aromatic rings. The van der Waals surface area contributed by atoms with Crippen LogP contribution in [0.15, 0.2) is 88.7 Å². The number of ether oxygens (including phenoxy) is 1. The molecule has 6 heteroatoms. The highest BCUT2D eigenvalue weighted by Gasteiger charge is 2.35. The molecule has 1 atom stereocenters. The fourth-order valence-corrected chi connectivity index (χ4v) is 4.33. The number of nitrogens with zero attached hydrogens (tertiary/aromatic N) is 1. The molecule has 1 aliphatic rings. The molecule has 0 spiro atoms. The third-order valence-electron chi connectivity index (χ3n) is 5.00. The van der Waals surface area contributed by atoms with Gasteiger partial charge in [0.15, 0.2) is 0 Å². The van der Waals surface area contributed by atoms with Crippen LogP contribution >= 0.6 is 11.8 Å². The van der Waals surface area contributed by atoms with Gasteiger partial charge in [0, 0.05) is 28.4 Å². The van der Waals surface area contributed by atoms with Crippen LogP contribution in [0.2, 0.25) is 0 Å². The lowest BCUT2D eigenvalue weighted by atomic mass is 10.1. The van der Waals surface area contributed by atoms with Gasteiger partial charge in [-0.05, 0) is 48.5 Å². The Balaban J connectivity index is 1.45. The zero-order valence-corrected chi connectivity index (χ0v) is 17.4. The lowest BCUT2D eigenvalue weighted by molar-refractivity contribution is -0.122. The fourth-order valence-electron chi connectivity index (χ4n) is 3.40. The van der Waals surface area contributed by atoms with Crippen molar-refractivity contribution >= 4 is 35.0 Å². The molecular weight excluding hydrogens is 396 g/mol. The van der Waals surface area contributed by atoms with Crippen LogP contribution in [0.3, 0.4) is 0 Å². The van der Waals surface area contributed by atoms with Crippen LogP contribution in [0.1, 0.15) is 6.42 Å². The maximum absolute atomic E-state index is 12.9. The summed E-state index contributed by atoms with van der Waals surface area (Å²) in [5.74, 6) is 0.148. The Kier molecular flexibility index (Phi) is 6.05. The van der Waals surface area contributed by atoms with E-state index in [1.165, 1.54) is 0 Å². The predicted molar refractivity (Wildman–Crippen MR) is 119 cm³/mol. The van der Waals surface area contributed by atoms with Crippen LogP contribution in [-0.4, -0.2) is 25.5 Å². The number of rotatable bonds is 6. The molecule has 30 heavy (non-hydrogen) atoms. The Morgan fingerprint density at radius 3 is 2.43 bits per heavy atom. The van der Waals surface area contributed by atoms with E-state index < -0.39 is 5.92 Å². The van der Waals surface area contributed by atoms with Crippen molar-refractivity contribution in [1.29, 1.82) is 0 Å². The summed E-state index contributed by atoms with van der Waals surface area (Å²) in [6.07, 6.45) is 0.200. The second-order valence-electron chi connectivity index (χ2n) is 7.00. The van der Waals surface area contributed by atoms with Crippen molar-refractivity contribution in [2.75, 3.05) is 23.9 Å². The van der Waals surface area contributed by atoms with Gasteiger partial charge in [0.1, 0.15) is 5.75 Å². The number of carbonyl (C=O) groups excluding carboxylic acids is 2. The van der Waals surface area contributed by atoms with Gasteiger partial charge in [0.2, 0.25) is 11.8 Å². The first kappa shape index (κ1) is 20.0. The van der Waals surface area contributed by atoms with Crippen LogP contribution in [0, 0.1) is 5.92 Å². The second-order valence-corrected chi connectivity index (χ2v) is 8.12. The summed E-state index contributed by atoms with van der Waals surface area (Å²) < 4.78 is 5.17. The van der Waals surface area contributed by atoms with Gasteiger partial charge >= 0.3 is 0 Å². The summed E-state index contributed by atoms with van der Waals surface area (Å²) in [6.45, 7) is 0.366. The number of hydrogen-bond acceptors (Lipinski definition) is 4. The normalized spacial score (nSPS) is 15.8. The van der Waals surface area contributed by atoms with Crippen molar-refractivity contribution in [3.8, 4) is 5.75 Å². The Labute approximate surface area is 180 Å². The van der Waals surface area contributed by atoms with Crippen LogP contribution < -0.4 is 15.0 Å². The molecule has 1 heterocycles. The van der Waals surface area contributed by atoms with E-state index >= 15 is 0 Å². The topological polar surface area (TPSA) is 58.6 Å². The molecule has 0 saturated carbocycles. The smallest absolute Gasteiger partial charge is 0.229 e. The largest absolute Gasteiger partial charge is 0.497 e. The number of hydrogen-bond donors (Lipinski definition) is 1. The van der Waals surface area contributed by atoms with Crippen LogP contribution in [0.5, 0.6) is 5.75 Å². The molecule has 1 unspecified atom stereocenters. The molecular formula is C24H22N2O3S. The summed E-state index contributed by atoms with van der Waals surface area (Å²) in [7, 11) is 1.60. The highest BCUT2D eigenvalue weighted by molar-refractivity contribution is 7.99. The molecule has 0 aromatic heterocycles. The summed E-state index contributed by atoms with van der Waals surface area (Å²) in [5.41, 5.74) is 1.53. The lowest BCUT2D eigenvalue weighted by Crippen LogP contribution is -2.28. The third-order valence-corrected chi connectivity index (χ3v) is 6.08. The minimum absolute atomic E-state index is 0.0488. The highest BCUT2D eigenvalue weighted by Crippen LogP contribution is 2.34. The molecule has 1 fully saturated rings. The maximum Gasteiger partial charge on any atom is 0.229 e. The van der Waals surface area contributed by atoms with E-state index in [-0.39, 0.29) is 18.2 Å². The summed E-state index contributed by atoms with van der Waals surface area (Å²) >= 11 is 1.60. The van der Waals surface area contributed by atoms with E-state index in [0.29, 0.717) is 6.54 Å². The third kappa shape index (κ3) is 4.49. The van der Waals surface area contributed by atoms with Gasteiger partial charge in [-0.2, -0.15) is 0 Å². The fraction of sp³-hybridized carbons (Fsp3) is 0.167. The van der Waals surface area contributed by atoms with Gasteiger partial charge in [-0.1, -0.05) is 42.1 Å². The standard InChI is InChI=1S/C24H22N2O3S/c1-29-19-13-11-18(12-14-19)26-16-17(15-23(26)27)24(28)25-21-9-5-6-10-22(21)30-20-7-3-2-4-8-20/h2-14,17H,15-16H2,1H3,(H,25,28). The molecule has 2 amide bonds. The Morgan fingerprint density at radius 1 is 1.00 bits per heavy atom. The van der Waals surface area contributed by atoms with Crippen molar-refractivity contribution < 1.29 is 14.3 Å². The Morgan fingerprint density at radius 2 is 1.70 bits per heavy atom. The van der Waals surface area contributed by atoms with Crippen molar-refractivity contribution in [2.24, 2.45) is 5.92 Å². The molecule has 152 valence electrons. The van der Waals surface area contributed by atoms with Gasteiger partial charge in [-0.25, -0.2) is 0 Å². The van der Waals surface area contributed by atoms with Gasteiger partial charge in [-0.3, -0.25) is 9.59 Å². The number of methoxy groups -OCH3 is 1. The Bertz CT molecular complexity index is 1040. The molecule has 5 nitrogen and oxygen atoms in total. The maximum atomic E-state index is 12.9. The average molecular weight is 419 g/mol. The van der Waals surface area contributed by atoms with E-state index in [4.69, 9.17) is 4.74 Å². The number of anilines is 2. The SMILES string of the molecule is COc1ccc(N2CC(C(=O)Nc3ccccc3Sc3ccccc3)CC2=O)cc1. The average Bonchev–Trinajstić information content (AvgIpc) is 3.18. The minimum atomic E-state index is -0.394. The molecule has 0 bridgehead atoms. The van der Waals surface area contributed by atoms with Gasteiger partial charge in [0.05, 0.1) is 18.7 Å². The first-order valence-corrected chi connectivity index (χ1v) is 10.5. The Hall–Kier alpha value is -3.25.